The molecule has 4 atom stereocenters. The maximum Gasteiger partial charge on any atom is 0.330 e. The maximum atomic E-state index is 12.6. The predicted octanol–water partition coefficient (Wildman–Crippen LogP) is 2.18. The summed E-state index contributed by atoms with van der Waals surface area (Å²) < 4.78 is 22.9. The van der Waals surface area contributed by atoms with E-state index in [0.717, 1.165) is 10.0 Å². The van der Waals surface area contributed by atoms with E-state index in [1.165, 1.54) is 13.8 Å². The van der Waals surface area contributed by atoms with Gasteiger partial charge in [-0.05, 0) is 44.9 Å². The first kappa shape index (κ1) is 23.8. The quantitative estimate of drug-likeness (QED) is 0.275. The van der Waals surface area contributed by atoms with Gasteiger partial charge in [-0.25, -0.2) is 4.79 Å². The number of carbonyl (C=O) groups is 2. The van der Waals surface area contributed by atoms with E-state index in [2.05, 4.69) is 21.2 Å². The van der Waals surface area contributed by atoms with E-state index in [1.54, 1.807) is 19.1 Å². The van der Waals surface area contributed by atoms with Crippen molar-refractivity contribution in [3.63, 3.8) is 0 Å². The molecule has 0 saturated heterocycles. The van der Waals surface area contributed by atoms with Crippen LogP contribution < -0.4 is 11.1 Å². The van der Waals surface area contributed by atoms with Crippen molar-refractivity contribution in [1.82, 2.24) is 5.32 Å². The molecule has 0 aromatic heterocycles. The van der Waals surface area contributed by atoms with Crippen molar-refractivity contribution in [2.75, 3.05) is 12.8 Å². The molecule has 4 unspecified atom stereocenters. The minimum Gasteiger partial charge on any atom is -0.464 e. The molecule has 0 aliphatic heterocycles. The Bertz CT molecular complexity index is 683. The number of ether oxygens (including phenoxy) is 1. The predicted molar refractivity (Wildman–Crippen MR) is 105 cm³/mol. The second kappa shape index (κ2) is 10.9. The van der Waals surface area contributed by atoms with Crippen molar-refractivity contribution in [2.24, 2.45) is 11.7 Å². The maximum absolute atomic E-state index is 12.6. The van der Waals surface area contributed by atoms with Gasteiger partial charge in [0.05, 0.1) is 18.7 Å². The van der Waals surface area contributed by atoms with Gasteiger partial charge in [0.1, 0.15) is 12.3 Å². The number of carbonyl (C=O) groups excluding carboxylic acids is 2. The number of nitrogens with two attached hydrogens (primary N) is 1. The van der Waals surface area contributed by atoms with Gasteiger partial charge in [-0.2, -0.15) is 0 Å². The number of esters is 1. The van der Waals surface area contributed by atoms with Crippen LogP contribution in [-0.2, 0) is 29.8 Å². The molecule has 0 heterocycles. The lowest BCUT2D eigenvalue weighted by atomic mass is 10.00. The Balaban J connectivity index is 2.94. The Morgan fingerprint density at radius 1 is 1.30 bits per heavy atom. The van der Waals surface area contributed by atoms with Crippen molar-refractivity contribution in [2.45, 2.75) is 39.5 Å². The molecule has 1 aromatic carbocycles. The summed E-state index contributed by atoms with van der Waals surface area (Å²) in [5, 5.41) is 2.53. The zero-order valence-corrected chi connectivity index (χ0v) is 18.0. The third kappa shape index (κ3) is 8.99. The Labute approximate surface area is 167 Å². The molecular formula is C17H26BrN2O6P. The summed E-state index contributed by atoms with van der Waals surface area (Å²) in [5.74, 6) is -2.01. The highest BCUT2D eigenvalue weighted by Crippen LogP contribution is 2.45. The molecule has 0 radical (unpaired) electrons. The van der Waals surface area contributed by atoms with Gasteiger partial charge in [-0.3, -0.25) is 13.9 Å². The number of hydrogen-bond acceptors (Lipinski definition) is 6. The van der Waals surface area contributed by atoms with E-state index in [9.17, 15) is 19.0 Å². The lowest BCUT2D eigenvalue weighted by Gasteiger charge is -2.22. The molecule has 0 bridgehead atoms. The molecule has 4 N–H and O–H groups in total. The smallest absolute Gasteiger partial charge is 0.330 e. The van der Waals surface area contributed by atoms with Gasteiger partial charge in [0.2, 0.25) is 5.91 Å². The van der Waals surface area contributed by atoms with E-state index in [1.807, 2.05) is 12.1 Å². The van der Waals surface area contributed by atoms with E-state index < -0.39 is 43.8 Å². The van der Waals surface area contributed by atoms with Crippen molar-refractivity contribution in [3.05, 3.63) is 34.3 Å². The average molecular weight is 465 g/mol. The molecule has 152 valence electrons. The molecule has 0 saturated carbocycles. The summed E-state index contributed by atoms with van der Waals surface area (Å²) >= 11 is 3.33. The molecule has 1 rings (SSSR count). The van der Waals surface area contributed by atoms with Gasteiger partial charge in [0.25, 0.3) is 0 Å². The topological polar surface area (TPSA) is 128 Å². The Hall–Kier alpha value is -1.25. The van der Waals surface area contributed by atoms with Crippen molar-refractivity contribution >= 4 is 35.4 Å². The molecule has 0 aliphatic carbocycles. The Morgan fingerprint density at radius 2 is 1.89 bits per heavy atom. The van der Waals surface area contributed by atoms with Gasteiger partial charge < -0.3 is 20.7 Å². The van der Waals surface area contributed by atoms with Crippen LogP contribution >= 0.6 is 23.5 Å². The normalized spacial score (nSPS) is 16.7. The van der Waals surface area contributed by atoms with Crippen LogP contribution in [0.15, 0.2) is 28.7 Å². The highest BCUT2D eigenvalue weighted by atomic mass is 79.9. The van der Waals surface area contributed by atoms with Crippen LogP contribution in [0.5, 0.6) is 0 Å². The standard InChI is InChI=1S/C17H26BrN2O6P/c1-4-25-17(22)11(2)20-16(21)14(10-27(23,24)26-12(3)19)9-13-5-7-15(18)8-6-13/h5-8,11-12,14H,4,9-10,19H2,1-3H3,(H,20,21)(H,23,24). The van der Waals surface area contributed by atoms with Crippen LogP contribution in [0.25, 0.3) is 0 Å². The summed E-state index contributed by atoms with van der Waals surface area (Å²) in [6.45, 7) is 4.77. The van der Waals surface area contributed by atoms with Crippen molar-refractivity contribution in [3.8, 4) is 0 Å². The zero-order chi connectivity index (χ0) is 20.6. The summed E-state index contributed by atoms with van der Waals surface area (Å²) in [7, 11) is -4.10. The van der Waals surface area contributed by atoms with E-state index in [4.69, 9.17) is 15.0 Å². The van der Waals surface area contributed by atoms with Gasteiger partial charge in [0, 0.05) is 4.47 Å². The van der Waals surface area contributed by atoms with E-state index in [0.29, 0.717) is 0 Å². The van der Waals surface area contributed by atoms with Crippen LogP contribution in [0, 0.1) is 5.92 Å². The van der Waals surface area contributed by atoms with E-state index in [-0.39, 0.29) is 13.0 Å². The largest absolute Gasteiger partial charge is 0.464 e. The number of halogens is 1. The molecule has 10 heteroatoms. The zero-order valence-electron chi connectivity index (χ0n) is 15.6. The van der Waals surface area contributed by atoms with Gasteiger partial charge in [-0.1, -0.05) is 28.1 Å². The van der Waals surface area contributed by atoms with Crippen LogP contribution in [0.4, 0.5) is 0 Å². The summed E-state index contributed by atoms with van der Waals surface area (Å²) in [6, 6.07) is 6.34. The third-order valence-corrected chi connectivity index (χ3v) is 5.64. The summed E-state index contributed by atoms with van der Waals surface area (Å²) in [6.07, 6.45) is -1.18. The molecular weight excluding hydrogens is 439 g/mol. The second-order valence-electron chi connectivity index (χ2n) is 6.14. The molecule has 1 aromatic rings. The van der Waals surface area contributed by atoms with Gasteiger partial charge >= 0.3 is 13.6 Å². The number of benzene rings is 1. The number of rotatable bonds is 10. The fourth-order valence-electron chi connectivity index (χ4n) is 2.38. The first-order valence-electron chi connectivity index (χ1n) is 8.51. The average Bonchev–Trinajstić information content (AvgIpc) is 2.54. The number of amides is 1. The monoisotopic (exact) mass is 464 g/mol. The van der Waals surface area contributed by atoms with Crippen molar-refractivity contribution in [1.29, 1.82) is 0 Å². The molecule has 0 spiro atoms. The third-order valence-electron chi connectivity index (χ3n) is 3.55. The van der Waals surface area contributed by atoms with Crippen LogP contribution in [0.2, 0.25) is 0 Å². The Morgan fingerprint density at radius 3 is 2.41 bits per heavy atom. The fourth-order valence-corrected chi connectivity index (χ4v) is 4.11. The summed E-state index contributed by atoms with van der Waals surface area (Å²) in [4.78, 5) is 34.4. The van der Waals surface area contributed by atoms with Gasteiger partial charge in [-0.15, -0.1) is 0 Å². The highest BCUT2D eigenvalue weighted by Gasteiger charge is 2.32. The lowest BCUT2D eigenvalue weighted by molar-refractivity contribution is -0.147. The fraction of sp³-hybridized carbons (Fsp3) is 0.529. The summed E-state index contributed by atoms with van der Waals surface area (Å²) in [5.41, 5.74) is 6.23. The highest BCUT2D eigenvalue weighted by molar-refractivity contribution is 9.10. The molecule has 8 nitrogen and oxygen atoms in total. The van der Waals surface area contributed by atoms with E-state index >= 15 is 0 Å². The molecule has 1 amide bonds. The van der Waals surface area contributed by atoms with Gasteiger partial charge in [0.15, 0.2) is 0 Å². The SMILES string of the molecule is CCOC(=O)C(C)NC(=O)C(Cc1ccc(Br)cc1)CP(=O)(O)OC(C)N. The van der Waals surface area contributed by atoms with Crippen LogP contribution in [0.3, 0.4) is 0 Å². The number of nitrogens with one attached hydrogen (secondary N) is 1. The Kier molecular flexibility index (Phi) is 9.62. The minimum absolute atomic E-state index is 0.190. The minimum atomic E-state index is -4.10. The van der Waals surface area contributed by atoms with Crippen molar-refractivity contribution < 1.29 is 28.3 Å². The molecule has 0 aliphatic rings. The number of hydrogen-bond donors (Lipinski definition) is 3. The molecule has 0 fully saturated rings. The van der Waals surface area contributed by atoms with Crippen LogP contribution in [0.1, 0.15) is 26.3 Å². The lowest BCUT2D eigenvalue weighted by Crippen LogP contribution is -2.44. The second-order valence-corrected chi connectivity index (χ2v) is 8.91. The first-order valence-corrected chi connectivity index (χ1v) is 11.1. The first-order chi connectivity index (χ1) is 12.5. The molecule has 27 heavy (non-hydrogen) atoms. The van der Waals surface area contributed by atoms with Crippen LogP contribution in [-0.4, -0.2) is 41.8 Å².